The number of alkyl halides is 3. The highest BCUT2D eigenvalue weighted by atomic mass is 35.5. The van der Waals surface area contributed by atoms with E-state index < -0.39 is 22.2 Å². The summed E-state index contributed by atoms with van der Waals surface area (Å²) in [7, 11) is -3.65. The molecule has 2 aromatic carbocycles. The van der Waals surface area contributed by atoms with Crippen LogP contribution >= 0.6 is 23.2 Å². The Morgan fingerprint density at radius 2 is 1.49 bits per heavy atom. The van der Waals surface area contributed by atoms with Crippen LogP contribution in [-0.4, -0.2) is 54.3 Å². The summed E-state index contributed by atoms with van der Waals surface area (Å²) >= 11 is 11.9. The number of anilines is 2. The van der Waals surface area contributed by atoms with E-state index in [9.17, 15) is 21.6 Å². The van der Waals surface area contributed by atoms with Crippen LogP contribution in [0.15, 0.2) is 47.4 Å². The van der Waals surface area contributed by atoms with E-state index in [-0.39, 0.29) is 10.4 Å². The van der Waals surface area contributed by atoms with Gasteiger partial charge >= 0.3 is 12.1 Å². The lowest BCUT2D eigenvalue weighted by Crippen LogP contribution is -2.32. The highest BCUT2D eigenvalue weighted by molar-refractivity contribution is 7.89. The predicted octanol–water partition coefficient (Wildman–Crippen LogP) is 6.98. The number of fused-ring (bicyclic) bond motifs is 1. The minimum absolute atomic E-state index is 0.0913. The van der Waals surface area contributed by atoms with Crippen molar-refractivity contribution in [1.82, 2.24) is 14.7 Å². The number of hydrogen-bond donors (Lipinski definition) is 4. The number of rotatable bonds is 8. The van der Waals surface area contributed by atoms with Crippen molar-refractivity contribution in [2.45, 2.75) is 63.1 Å². The standard InChI is InChI=1S/C26H33Cl2N5O2S.C2HF3O2/c1-26(2,3)33-24-22-6-4-5-7-23(22)31-25(32-24)29-15-17-8-10-18(11-9-17)16-30-36(34,35)21-13-19(27)12-20(28)14-21;3-2(4,5)1(6)7/h4-7,12-14,17-18,30H,8-11,15-16H2,1-3H3,(H2,29,31,32,33);(H,6,7). The first-order valence-electron chi connectivity index (χ1n) is 13.5. The molecule has 0 spiro atoms. The van der Waals surface area contributed by atoms with E-state index in [1.807, 2.05) is 24.3 Å². The zero-order valence-electron chi connectivity index (χ0n) is 23.8. The summed E-state index contributed by atoms with van der Waals surface area (Å²) in [4.78, 5) is 18.4. The zero-order chi connectivity index (χ0) is 32.0. The lowest BCUT2D eigenvalue weighted by molar-refractivity contribution is -0.192. The van der Waals surface area contributed by atoms with Gasteiger partial charge in [-0.05, 0) is 88.6 Å². The normalized spacial score (nSPS) is 17.6. The Balaban J connectivity index is 0.000000646. The van der Waals surface area contributed by atoms with Crippen LogP contribution < -0.4 is 15.4 Å². The quantitative estimate of drug-likeness (QED) is 0.203. The van der Waals surface area contributed by atoms with Gasteiger partial charge in [0, 0.05) is 34.1 Å². The molecule has 0 aliphatic heterocycles. The summed E-state index contributed by atoms with van der Waals surface area (Å²) in [5.74, 6) is -0.528. The van der Waals surface area contributed by atoms with Crippen LogP contribution in [0, 0.1) is 11.8 Å². The molecule has 1 saturated carbocycles. The molecule has 0 bridgehead atoms. The minimum Gasteiger partial charge on any atom is -0.475 e. The van der Waals surface area contributed by atoms with Crippen LogP contribution in [0.5, 0.6) is 0 Å². The number of halogens is 5. The molecule has 0 atom stereocenters. The molecule has 9 nitrogen and oxygen atoms in total. The number of sulfonamides is 1. The van der Waals surface area contributed by atoms with E-state index in [1.54, 1.807) is 0 Å². The average Bonchev–Trinajstić information content (AvgIpc) is 2.90. The summed E-state index contributed by atoms with van der Waals surface area (Å²) in [5, 5.41) is 15.7. The molecule has 0 radical (unpaired) electrons. The third kappa shape index (κ3) is 11.0. The first-order chi connectivity index (χ1) is 19.9. The molecule has 15 heteroatoms. The Bertz CT molecular complexity index is 1510. The van der Waals surface area contributed by atoms with Gasteiger partial charge in [0.1, 0.15) is 5.82 Å². The number of aromatic nitrogens is 2. The molecule has 4 rings (SSSR count). The largest absolute Gasteiger partial charge is 0.490 e. The lowest BCUT2D eigenvalue weighted by atomic mass is 9.82. The monoisotopic (exact) mass is 663 g/mol. The van der Waals surface area contributed by atoms with E-state index in [1.165, 1.54) is 18.2 Å². The average molecular weight is 665 g/mol. The van der Waals surface area contributed by atoms with Gasteiger partial charge in [-0.25, -0.2) is 22.9 Å². The summed E-state index contributed by atoms with van der Waals surface area (Å²) in [5.41, 5.74) is 0.784. The molecule has 1 heterocycles. The Hall–Kier alpha value is -2.87. The van der Waals surface area contributed by atoms with Gasteiger partial charge < -0.3 is 15.7 Å². The number of para-hydroxylation sites is 1. The molecular formula is C28H34Cl2F3N5O4S. The van der Waals surface area contributed by atoms with Crippen LogP contribution in [0.3, 0.4) is 0 Å². The van der Waals surface area contributed by atoms with Gasteiger partial charge in [-0.2, -0.15) is 18.2 Å². The van der Waals surface area contributed by atoms with E-state index in [4.69, 9.17) is 43.1 Å². The highest BCUT2D eigenvalue weighted by Crippen LogP contribution is 2.30. The third-order valence-electron chi connectivity index (χ3n) is 6.56. The molecule has 1 aliphatic carbocycles. The molecule has 0 amide bonds. The highest BCUT2D eigenvalue weighted by Gasteiger charge is 2.38. The Kier molecular flexibility index (Phi) is 11.5. The molecular weight excluding hydrogens is 630 g/mol. The summed E-state index contributed by atoms with van der Waals surface area (Å²) in [6, 6.07) is 12.3. The molecule has 0 unspecified atom stereocenters. The van der Waals surface area contributed by atoms with Crippen molar-refractivity contribution in [3.63, 3.8) is 0 Å². The van der Waals surface area contributed by atoms with Gasteiger partial charge in [0.2, 0.25) is 16.0 Å². The SMILES string of the molecule is CC(C)(C)Nc1nc(NCC2CCC(CNS(=O)(=O)c3cc(Cl)cc(Cl)c3)CC2)nc2ccccc12.O=C(O)C(F)(F)F. The second-order valence-electron chi connectivity index (χ2n) is 11.3. The summed E-state index contributed by atoms with van der Waals surface area (Å²) in [6.07, 6.45) is -1.13. The number of aliphatic carboxylic acids is 1. The number of carboxylic acid groups (broad SMARTS) is 1. The third-order valence-corrected chi connectivity index (χ3v) is 8.40. The van der Waals surface area contributed by atoms with E-state index in [2.05, 4.69) is 36.1 Å². The van der Waals surface area contributed by atoms with Crippen LogP contribution in [0.1, 0.15) is 46.5 Å². The fourth-order valence-electron chi connectivity index (χ4n) is 4.48. The molecule has 1 aromatic heterocycles. The van der Waals surface area contributed by atoms with Crippen LogP contribution in [-0.2, 0) is 14.8 Å². The van der Waals surface area contributed by atoms with Gasteiger partial charge in [-0.15, -0.1) is 0 Å². The van der Waals surface area contributed by atoms with Gasteiger partial charge in [0.05, 0.1) is 10.4 Å². The number of hydrogen-bond acceptors (Lipinski definition) is 7. The topological polar surface area (TPSA) is 133 Å². The van der Waals surface area contributed by atoms with Gasteiger partial charge in [-0.3, -0.25) is 0 Å². The first-order valence-corrected chi connectivity index (χ1v) is 15.7. The van der Waals surface area contributed by atoms with Crippen molar-refractivity contribution < 1.29 is 31.5 Å². The summed E-state index contributed by atoms with van der Waals surface area (Å²) < 4.78 is 59.8. The summed E-state index contributed by atoms with van der Waals surface area (Å²) in [6.45, 7) is 7.52. The van der Waals surface area contributed by atoms with Crippen molar-refractivity contribution >= 4 is 61.9 Å². The van der Waals surface area contributed by atoms with E-state index in [0.29, 0.717) is 34.4 Å². The van der Waals surface area contributed by atoms with Crippen molar-refractivity contribution in [3.8, 4) is 0 Å². The Morgan fingerprint density at radius 1 is 0.953 bits per heavy atom. The number of carbonyl (C=O) groups is 1. The molecule has 1 fully saturated rings. The van der Waals surface area contributed by atoms with Crippen LogP contribution in [0.4, 0.5) is 24.9 Å². The molecule has 1 aliphatic rings. The van der Waals surface area contributed by atoms with Crippen molar-refractivity contribution in [1.29, 1.82) is 0 Å². The fraction of sp³-hybridized carbons (Fsp3) is 0.464. The van der Waals surface area contributed by atoms with Crippen LogP contribution in [0.25, 0.3) is 10.9 Å². The molecule has 43 heavy (non-hydrogen) atoms. The van der Waals surface area contributed by atoms with Gasteiger partial charge in [-0.1, -0.05) is 35.3 Å². The van der Waals surface area contributed by atoms with Crippen molar-refractivity contribution in [3.05, 3.63) is 52.5 Å². The first kappa shape index (κ1) is 34.6. The van der Waals surface area contributed by atoms with Gasteiger partial charge in [0.25, 0.3) is 0 Å². The Morgan fingerprint density at radius 3 is 2.02 bits per heavy atom. The van der Waals surface area contributed by atoms with E-state index in [0.717, 1.165) is 48.9 Å². The molecule has 0 saturated heterocycles. The number of nitrogens with one attached hydrogen (secondary N) is 3. The number of nitrogens with zero attached hydrogens (tertiary/aromatic N) is 2. The van der Waals surface area contributed by atoms with Gasteiger partial charge in [0.15, 0.2) is 0 Å². The van der Waals surface area contributed by atoms with Crippen molar-refractivity contribution in [2.75, 3.05) is 23.7 Å². The number of benzene rings is 2. The maximum atomic E-state index is 12.7. The second kappa shape index (κ2) is 14.3. The smallest absolute Gasteiger partial charge is 0.475 e. The predicted molar refractivity (Wildman–Crippen MR) is 162 cm³/mol. The maximum absolute atomic E-state index is 12.7. The number of carboxylic acids is 1. The second-order valence-corrected chi connectivity index (χ2v) is 14.0. The molecule has 3 aromatic rings. The Labute approximate surface area is 258 Å². The fourth-order valence-corrected chi connectivity index (χ4v) is 6.32. The van der Waals surface area contributed by atoms with Crippen LogP contribution in [0.2, 0.25) is 10.0 Å². The van der Waals surface area contributed by atoms with E-state index >= 15 is 0 Å². The zero-order valence-corrected chi connectivity index (χ0v) is 26.1. The minimum atomic E-state index is -5.08. The molecule has 236 valence electrons. The maximum Gasteiger partial charge on any atom is 0.490 e. The molecule has 4 N–H and O–H groups in total. The lowest BCUT2D eigenvalue weighted by Gasteiger charge is -2.29. The van der Waals surface area contributed by atoms with Crippen molar-refractivity contribution in [2.24, 2.45) is 11.8 Å².